The van der Waals surface area contributed by atoms with E-state index in [1.165, 1.54) is 37.4 Å². The Morgan fingerprint density at radius 3 is 2.45 bits per heavy atom. The van der Waals surface area contributed by atoms with Crippen LogP contribution in [0.25, 0.3) is 0 Å². The van der Waals surface area contributed by atoms with Crippen molar-refractivity contribution in [3.8, 4) is 0 Å². The Morgan fingerprint density at radius 1 is 1.13 bits per heavy atom. The molecule has 170 valence electrons. The molecule has 6 nitrogen and oxygen atoms in total. The zero-order valence-electron chi connectivity index (χ0n) is 18.5. The number of fused-ring (bicyclic) bond motifs is 1. The highest BCUT2D eigenvalue weighted by Gasteiger charge is 2.49. The van der Waals surface area contributed by atoms with Gasteiger partial charge in [-0.25, -0.2) is 8.42 Å². The zero-order chi connectivity index (χ0) is 22.0. The summed E-state index contributed by atoms with van der Waals surface area (Å²) < 4.78 is 24.5. The minimum atomic E-state index is -3.06. The lowest BCUT2D eigenvalue weighted by Crippen LogP contribution is -2.37. The van der Waals surface area contributed by atoms with Crippen LogP contribution in [0, 0.1) is 5.92 Å². The van der Waals surface area contributed by atoms with Crippen LogP contribution >= 0.6 is 11.8 Å². The van der Waals surface area contributed by atoms with E-state index in [-0.39, 0.29) is 28.7 Å². The van der Waals surface area contributed by atoms with Crippen LogP contribution in [0.3, 0.4) is 0 Å². The minimum Gasteiger partial charge on any atom is -0.372 e. The van der Waals surface area contributed by atoms with E-state index >= 15 is 0 Å². The molecule has 8 heteroatoms. The summed E-state index contributed by atoms with van der Waals surface area (Å²) in [6.45, 7) is 6.12. The number of thioether (sulfide) groups is 1. The molecule has 31 heavy (non-hydrogen) atoms. The summed E-state index contributed by atoms with van der Waals surface area (Å²) >= 11 is 1.46. The van der Waals surface area contributed by atoms with Gasteiger partial charge in [0.15, 0.2) is 15.0 Å². The van der Waals surface area contributed by atoms with Crippen LogP contribution in [0.1, 0.15) is 52.4 Å². The predicted octanol–water partition coefficient (Wildman–Crippen LogP) is 4.10. The Hall–Kier alpha value is -1.54. The fraction of sp³-hybridized carbons (Fsp3) is 0.652. The minimum absolute atomic E-state index is 0.0613. The summed E-state index contributed by atoms with van der Waals surface area (Å²) in [4.78, 5) is 21.4. The lowest BCUT2D eigenvalue weighted by Gasteiger charge is -2.26. The van der Waals surface area contributed by atoms with E-state index in [2.05, 4.69) is 35.9 Å². The Morgan fingerprint density at radius 2 is 1.81 bits per heavy atom. The average molecular weight is 464 g/mol. The van der Waals surface area contributed by atoms with Gasteiger partial charge in [0.05, 0.1) is 17.5 Å². The summed E-state index contributed by atoms with van der Waals surface area (Å²) in [5.41, 5.74) is 2.05. The average Bonchev–Trinajstić information content (AvgIpc) is 3.43. The molecule has 0 N–H and O–H groups in total. The number of aliphatic imine (C=N–C) groups is 1. The Kier molecular flexibility index (Phi) is 6.96. The number of amides is 1. The van der Waals surface area contributed by atoms with E-state index in [0.717, 1.165) is 30.9 Å². The van der Waals surface area contributed by atoms with E-state index in [4.69, 9.17) is 0 Å². The molecule has 4 rings (SSSR count). The lowest BCUT2D eigenvalue weighted by atomic mass is 10.0. The van der Waals surface area contributed by atoms with Crippen LogP contribution in [0.5, 0.6) is 0 Å². The van der Waals surface area contributed by atoms with E-state index in [1.54, 1.807) is 0 Å². The van der Waals surface area contributed by atoms with Gasteiger partial charge >= 0.3 is 0 Å². The molecule has 0 aromatic heterocycles. The standard InChI is InChI=1S/C23H33N3O3S2/c1-3-25(4-2)18-10-12-19(13-11-18)26-20-15-31(28,29)16-21(20)30-23(26)24-22(27)14-9-17-7-5-6-8-17/h10-13,17,20-21H,3-9,14-16H2,1-2H3/t20-,21+/m1/s1. The molecule has 0 radical (unpaired) electrons. The van der Waals surface area contributed by atoms with Crippen LogP contribution in [0.15, 0.2) is 29.3 Å². The highest BCUT2D eigenvalue weighted by Crippen LogP contribution is 2.41. The zero-order valence-corrected chi connectivity index (χ0v) is 20.1. The number of amidine groups is 1. The fourth-order valence-electron chi connectivity index (χ4n) is 5.07. The maximum Gasteiger partial charge on any atom is 0.248 e. The summed E-state index contributed by atoms with van der Waals surface area (Å²) in [6, 6.07) is 8.04. The Balaban J connectivity index is 1.55. The van der Waals surface area contributed by atoms with Gasteiger partial charge in [-0.05, 0) is 50.5 Å². The molecule has 2 atom stereocenters. The normalized spacial score (nSPS) is 26.5. The fourth-order valence-corrected chi connectivity index (χ4v) is 9.00. The van der Waals surface area contributed by atoms with Crippen LogP contribution in [-0.2, 0) is 14.6 Å². The molecule has 2 saturated heterocycles. The third-order valence-electron chi connectivity index (χ3n) is 6.78. The van der Waals surface area contributed by atoms with Crippen molar-refractivity contribution in [3.05, 3.63) is 24.3 Å². The molecular weight excluding hydrogens is 430 g/mol. The second kappa shape index (κ2) is 9.53. The van der Waals surface area contributed by atoms with Crippen molar-refractivity contribution in [1.82, 2.24) is 0 Å². The number of hydrogen-bond acceptors (Lipinski definition) is 5. The van der Waals surface area contributed by atoms with Gasteiger partial charge in [-0.1, -0.05) is 37.4 Å². The molecule has 1 amide bonds. The summed E-state index contributed by atoms with van der Waals surface area (Å²) in [5.74, 6) is 0.860. The lowest BCUT2D eigenvalue weighted by molar-refractivity contribution is -0.118. The quantitative estimate of drug-likeness (QED) is 0.606. The smallest absolute Gasteiger partial charge is 0.248 e. The van der Waals surface area contributed by atoms with Crippen molar-refractivity contribution in [2.45, 2.75) is 63.7 Å². The van der Waals surface area contributed by atoms with Crippen LogP contribution in [-0.4, -0.2) is 55.4 Å². The number of carbonyl (C=O) groups excluding carboxylic acids is 1. The Labute approximate surface area is 190 Å². The molecule has 0 unspecified atom stereocenters. The largest absolute Gasteiger partial charge is 0.372 e. The number of carbonyl (C=O) groups is 1. The van der Waals surface area contributed by atoms with Gasteiger partial charge in [0.1, 0.15) is 0 Å². The van der Waals surface area contributed by atoms with Crippen molar-refractivity contribution in [3.63, 3.8) is 0 Å². The van der Waals surface area contributed by atoms with Crippen molar-refractivity contribution in [1.29, 1.82) is 0 Å². The van der Waals surface area contributed by atoms with Crippen LogP contribution in [0.2, 0.25) is 0 Å². The van der Waals surface area contributed by atoms with Crippen molar-refractivity contribution in [2.75, 3.05) is 34.4 Å². The number of hydrogen-bond donors (Lipinski definition) is 0. The number of nitrogens with zero attached hydrogens (tertiary/aromatic N) is 3. The van der Waals surface area contributed by atoms with Gasteiger partial charge in [-0.15, -0.1) is 0 Å². The first-order valence-electron chi connectivity index (χ1n) is 11.5. The predicted molar refractivity (Wildman–Crippen MR) is 130 cm³/mol. The molecule has 0 bridgehead atoms. The number of benzene rings is 1. The molecule has 1 saturated carbocycles. The van der Waals surface area contributed by atoms with Gasteiger partial charge in [0.2, 0.25) is 5.91 Å². The van der Waals surface area contributed by atoms with Crippen LogP contribution in [0.4, 0.5) is 11.4 Å². The topological polar surface area (TPSA) is 70.0 Å². The Bertz CT molecular complexity index is 920. The molecule has 2 heterocycles. The molecular formula is C23H33N3O3S2. The summed E-state index contributed by atoms with van der Waals surface area (Å²) in [5, 5.41) is 0.603. The van der Waals surface area contributed by atoms with Gasteiger partial charge in [0, 0.05) is 36.1 Å². The van der Waals surface area contributed by atoms with Gasteiger partial charge in [-0.3, -0.25) is 4.79 Å². The highest BCUT2D eigenvalue weighted by molar-refractivity contribution is 8.16. The molecule has 1 aromatic rings. The maximum atomic E-state index is 12.6. The van der Waals surface area contributed by atoms with Crippen molar-refractivity contribution in [2.24, 2.45) is 10.9 Å². The number of anilines is 2. The highest BCUT2D eigenvalue weighted by atomic mass is 32.2. The first-order chi connectivity index (χ1) is 14.9. The molecule has 3 aliphatic rings. The van der Waals surface area contributed by atoms with Crippen LogP contribution < -0.4 is 9.80 Å². The van der Waals surface area contributed by atoms with E-state index in [9.17, 15) is 13.2 Å². The summed E-state index contributed by atoms with van der Waals surface area (Å²) in [7, 11) is -3.06. The van der Waals surface area contributed by atoms with Gasteiger partial charge in [0.25, 0.3) is 0 Å². The summed E-state index contributed by atoms with van der Waals surface area (Å²) in [6.07, 6.45) is 6.41. The number of rotatable bonds is 7. The van der Waals surface area contributed by atoms with Crippen molar-refractivity contribution >= 4 is 44.0 Å². The van der Waals surface area contributed by atoms with E-state index < -0.39 is 9.84 Å². The first-order valence-corrected chi connectivity index (χ1v) is 14.2. The molecule has 0 spiro atoms. The van der Waals surface area contributed by atoms with E-state index in [0.29, 0.717) is 17.5 Å². The molecule has 2 aliphatic heterocycles. The van der Waals surface area contributed by atoms with E-state index in [1.807, 2.05) is 17.0 Å². The third-order valence-corrected chi connectivity index (χ3v) is 9.99. The van der Waals surface area contributed by atoms with Crippen molar-refractivity contribution < 1.29 is 13.2 Å². The monoisotopic (exact) mass is 463 g/mol. The maximum absolute atomic E-state index is 12.6. The third kappa shape index (κ3) is 5.11. The SMILES string of the molecule is CCN(CC)c1ccc(N2C(=NC(=O)CCC3CCCC3)S[C@H]3CS(=O)(=O)C[C@H]32)cc1. The second-order valence-corrected chi connectivity index (χ2v) is 12.2. The molecule has 3 fully saturated rings. The molecule has 1 aromatic carbocycles. The number of sulfone groups is 1. The molecule has 1 aliphatic carbocycles. The second-order valence-electron chi connectivity index (χ2n) is 8.84. The first kappa shape index (κ1) is 22.6. The van der Waals surface area contributed by atoms with Gasteiger partial charge in [-0.2, -0.15) is 4.99 Å². The van der Waals surface area contributed by atoms with Gasteiger partial charge < -0.3 is 9.80 Å².